The molecule has 94 valence electrons. The second-order valence-corrected chi connectivity index (χ2v) is 3.83. The van der Waals surface area contributed by atoms with Crippen LogP contribution in [0, 0.1) is 10.1 Å². The quantitative estimate of drug-likeness (QED) is 0.637. The Kier molecular flexibility index (Phi) is 3.52. The maximum atomic E-state index is 10.8. The fourth-order valence-corrected chi connectivity index (χ4v) is 1.61. The molecule has 18 heavy (non-hydrogen) atoms. The van der Waals surface area contributed by atoms with Crippen molar-refractivity contribution in [3.8, 4) is 0 Å². The Hall–Kier alpha value is -2.44. The fourth-order valence-electron chi connectivity index (χ4n) is 1.61. The van der Waals surface area contributed by atoms with E-state index in [1.165, 1.54) is 10.9 Å². The van der Waals surface area contributed by atoms with Gasteiger partial charge in [0, 0.05) is 26.0 Å². The van der Waals surface area contributed by atoms with E-state index < -0.39 is 4.92 Å². The van der Waals surface area contributed by atoms with Gasteiger partial charge in [-0.1, -0.05) is 0 Å². The van der Waals surface area contributed by atoms with Crippen molar-refractivity contribution in [2.24, 2.45) is 7.05 Å². The summed E-state index contributed by atoms with van der Waals surface area (Å²) in [6.07, 6.45) is 5.59. The fraction of sp³-hybridized carbons (Fsp3) is 0.273. The van der Waals surface area contributed by atoms with E-state index in [4.69, 9.17) is 0 Å². The van der Waals surface area contributed by atoms with Gasteiger partial charge in [0.25, 0.3) is 0 Å². The highest BCUT2D eigenvalue weighted by Gasteiger charge is 2.17. The van der Waals surface area contributed by atoms with Crippen LogP contribution in [-0.2, 0) is 13.5 Å². The molecule has 0 aromatic carbocycles. The summed E-state index contributed by atoms with van der Waals surface area (Å²) in [6, 6.07) is 3.82. The SMILES string of the molecule is Cn1cc([N+](=O)[O-])c(NCCc2ccncc2)n1. The van der Waals surface area contributed by atoms with E-state index >= 15 is 0 Å². The van der Waals surface area contributed by atoms with Gasteiger partial charge in [-0.3, -0.25) is 19.8 Å². The lowest BCUT2D eigenvalue weighted by molar-refractivity contribution is -0.384. The summed E-state index contributed by atoms with van der Waals surface area (Å²) in [5.74, 6) is 0.302. The molecule has 0 unspecified atom stereocenters. The molecule has 0 saturated heterocycles. The largest absolute Gasteiger partial charge is 0.363 e. The van der Waals surface area contributed by atoms with E-state index in [0.717, 1.165) is 12.0 Å². The van der Waals surface area contributed by atoms with Gasteiger partial charge < -0.3 is 5.32 Å². The second-order valence-electron chi connectivity index (χ2n) is 3.83. The minimum Gasteiger partial charge on any atom is -0.363 e. The summed E-state index contributed by atoms with van der Waals surface area (Å²) >= 11 is 0. The van der Waals surface area contributed by atoms with Crippen LogP contribution in [0.4, 0.5) is 11.5 Å². The molecule has 0 fully saturated rings. The zero-order chi connectivity index (χ0) is 13.0. The number of hydrogen-bond donors (Lipinski definition) is 1. The van der Waals surface area contributed by atoms with Gasteiger partial charge in [-0.2, -0.15) is 0 Å². The van der Waals surface area contributed by atoms with Crippen LogP contribution in [0.25, 0.3) is 0 Å². The average molecular weight is 247 g/mol. The number of aryl methyl sites for hydroxylation is 1. The first-order valence-corrected chi connectivity index (χ1v) is 5.47. The molecule has 2 aromatic rings. The Balaban J connectivity index is 1.96. The molecule has 0 radical (unpaired) electrons. The van der Waals surface area contributed by atoms with Crippen LogP contribution in [0.2, 0.25) is 0 Å². The van der Waals surface area contributed by atoms with E-state index in [-0.39, 0.29) is 5.69 Å². The number of aromatic nitrogens is 3. The van der Waals surface area contributed by atoms with Crippen molar-refractivity contribution in [2.75, 3.05) is 11.9 Å². The molecular formula is C11H13N5O2. The van der Waals surface area contributed by atoms with Crippen molar-refractivity contribution in [2.45, 2.75) is 6.42 Å². The predicted molar refractivity (Wildman–Crippen MR) is 66.3 cm³/mol. The lowest BCUT2D eigenvalue weighted by Gasteiger charge is -2.02. The molecule has 0 bridgehead atoms. The normalized spacial score (nSPS) is 10.3. The first kappa shape index (κ1) is 12.0. The van der Waals surface area contributed by atoms with Crippen molar-refractivity contribution in [3.63, 3.8) is 0 Å². The third kappa shape index (κ3) is 2.82. The van der Waals surface area contributed by atoms with Gasteiger partial charge in [-0.05, 0) is 24.1 Å². The number of rotatable bonds is 5. The Morgan fingerprint density at radius 3 is 2.83 bits per heavy atom. The van der Waals surface area contributed by atoms with Gasteiger partial charge in [0.05, 0.1) is 4.92 Å². The lowest BCUT2D eigenvalue weighted by atomic mass is 10.2. The van der Waals surface area contributed by atoms with Crippen LogP contribution in [0.3, 0.4) is 0 Å². The van der Waals surface area contributed by atoms with E-state index in [9.17, 15) is 10.1 Å². The van der Waals surface area contributed by atoms with Crippen molar-refractivity contribution >= 4 is 11.5 Å². The summed E-state index contributed by atoms with van der Waals surface area (Å²) < 4.78 is 1.42. The van der Waals surface area contributed by atoms with Gasteiger partial charge >= 0.3 is 5.69 Å². The third-order valence-electron chi connectivity index (χ3n) is 2.46. The first-order chi connectivity index (χ1) is 8.66. The Morgan fingerprint density at radius 2 is 2.17 bits per heavy atom. The molecule has 7 nitrogen and oxygen atoms in total. The zero-order valence-corrected chi connectivity index (χ0v) is 9.91. The van der Waals surface area contributed by atoms with Gasteiger partial charge in [0.1, 0.15) is 6.20 Å². The first-order valence-electron chi connectivity index (χ1n) is 5.47. The molecule has 2 rings (SSSR count). The van der Waals surface area contributed by atoms with Crippen LogP contribution in [0.1, 0.15) is 5.56 Å². The molecule has 2 aromatic heterocycles. The van der Waals surface area contributed by atoms with Crippen molar-refractivity contribution in [1.82, 2.24) is 14.8 Å². The Morgan fingerprint density at radius 1 is 1.44 bits per heavy atom. The lowest BCUT2D eigenvalue weighted by Crippen LogP contribution is -2.07. The van der Waals surface area contributed by atoms with Gasteiger partial charge in [0.2, 0.25) is 5.82 Å². The number of anilines is 1. The molecule has 0 aliphatic carbocycles. The van der Waals surface area contributed by atoms with Gasteiger partial charge in [-0.15, -0.1) is 5.10 Å². The second kappa shape index (κ2) is 5.26. The molecule has 0 aliphatic heterocycles. The Labute approximate surface area is 104 Å². The van der Waals surface area contributed by atoms with Crippen LogP contribution in [-0.4, -0.2) is 26.2 Å². The number of pyridine rings is 1. The molecule has 1 N–H and O–H groups in total. The van der Waals surface area contributed by atoms with Crippen LogP contribution in [0.5, 0.6) is 0 Å². The summed E-state index contributed by atoms with van der Waals surface area (Å²) in [6.45, 7) is 0.585. The Bertz CT molecular complexity index is 538. The number of hydrogen-bond acceptors (Lipinski definition) is 5. The number of nitrogens with one attached hydrogen (secondary N) is 1. The van der Waals surface area contributed by atoms with E-state index in [1.807, 2.05) is 12.1 Å². The highest BCUT2D eigenvalue weighted by atomic mass is 16.6. The third-order valence-corrected chi connectivity index (χ3v) is 2.46. The molecule has 7 heteroatoms. The number of nitro groups is 1. The molecule has 0 amide bonds. The van der Waals surface area contributed by atoms with Gasteiger partial charge in [-0.25, -0.2) is 0 Å². The van der Waals surface area contributed by atoms with E-state index in [2.05, 4.69) is 15.4 Å². The summed E-state index contributed by atoms with van der Waals surface area (Å²) in [5.41, 5.74) is 1.11. The van der Waals surface area contributed by atoms with Crippen molar-refractivity contribution in [1.29, 1.82) is 0 Å². The zero-order valence-electron chi connectivity index (χ0n) is 9.91. The monoisotopic (exact) mass is 247 g/mol. The van der Waals surface area contributed by atoms with E-state index in [1.54, 1.807) is 19.4 Å². The summed E-state index contributed by atoms with van der Waals surface area (Å²) in [4.78, 5) is 14.3. The maximum Gasteiger partial charge on any atom is 0.330 e. The molecule has 0 saturated carbocycles. The van der Waals surface area contributed by atoms with Crippen LogP contribution >= 0.6 is 0 Å². The predicted octanol–water partition coefficient (Wildman–Crippen LogP) is 1.38. The van der Waals surface area contributed by atoms with E-state index in [0.29, 0.717) is 12.4 Å². The molecule has 0 spiro atoms. The smallest absolute Gasteiger partial charge is 0.330 e. The minimum atomic E-state index is -0.443. The van der Waals surface area contributed by atoms with Crippen LogP contribution < -0.4 is 5.32 Å². The number of nitrogens with zero attached hydrogens (tertiary/aromatic N) is 4. The summed E-state index contributed by atoms with van der Waals surface area (Å²) in [5, 5.41) is 17.8. The standard InChI is InChI=1S/C11H13N5O2/c1-15-8-10(16(17)18)11(14-15)13-7-4-9-2-5-12-6-3-9/h2-3,5-6,8H,4,7H2,1H3,(H,13,14). The molecule has 2 heterocycles. The van der Waals surface area contributed by atoms with Gasteiger partial charge in [0.15, 0.2) is 0 Å². The van der Waals surface area contributed by atoms with Crippen LogP contribution in [0.15, 0.2) is 30.7 Å². The van der Waals surface area contributed by atoms with Crippen molar-refractivity contribution in [3.05, 3.63) is 46.4 Å². The minimum absolute atomic E-state index is 0.00720. The molecule has 0 atom stereocenters. The topological polar surface area (TPSA) is 85.9 Å². The highest BCUT2D eigenvalue weighted by Crippen LogP contribution is 2.21. The molecular weight excluding hydrogens is 234 g/mol. The van der Waals surface area contributed by atoms with Crippen molar-refractivity contribution < 1.29 is 4.92 Å². The highest BCUT2D eigenvalue weighted by molar-refractivity contribution is 5.54. The molecule has 0 aliphatic rings. The summed E-state index contributed by atoms with van der Waals surface area (Å²) in [7, 11) is 1.65. The maximum absolute atomic E-state index is 10.8. The average Bonchev–Trinajstić information content (AvgIpc) is 2.72.